The molecule has 3 heterocycles. The molecule has 1 N–H and O–H groups in total. The summed E-state index contributed by atoms with van der Waals surface area (Å²) in [5.74, 6) is -0.227. The first-order chi connectivity index (χ1) is 9.74. The van der Waals surface area contributed by atoms with Crippen LogP contribution in [-0.4, -0.2) is 20.3 Å². The normalized spacial score (nSPS) is 10.7. The molecule has 0 saturated heterocycles. The summed E-state index contributed by atoms with van der Waals surface area (Å²) < 4.78 is 2.59. The molecule has 1 amide bonds. The lowest BCUT2D eigenvalue weighted by molar-refractivity contribution is 0.0944. The quantitative estimate of drug-likeness (QED) is 0.802. The maximum Gasteiger partial charge on any atom is 0.271 e. The Morgan fingerprint density at radius 3 is 3.00 bits per heavy atom. The van der Waals surface area contributed by atoms with Crippen LogP contribution in [0.15, 0.2) is 53.4 Å². The van der Waals surface area contributed by atoms with E-state index in [9.17, 15) is 4.79 Å². The highest BCUT2D eigenvalue weighted by Gasteiger charge is 2.11. The molecule has 0 atom stereocenters. The molecule has 3 aromatic heterocycles. The molecule has 0 aliphatic rings. The molecule has 5 nitrogen and oxygen atoms in total. The fourth-order valence-electron chi connectivity index (χ4n) is 1.88. The Labute approximate surface area is 123 Å². The van der Waals surface area contributed by atoms with Crippen molar-refractivity contribution in [2.75, 3.05) is 0 Å². The third kappa shape index (κ3) is 2.55. The number of halogens is 1. The molecule has 0 fully saturated rings. The number of pyridine rings is 2. The lowest BCUT2D eigenvalue weighted by Gasteiger charge is -2.03. The fourth-order valence-corrected chi connectivity index (χ4v) is 2.31. The van der Waals surface area contributed by atoms with Gasteiger partial charge in [-0.15, -0.1) is 0 Å². The average molecular weight is 331 g/mol. The summed E-state index contributed by atoms with van der Waals surface area (Å²) in [4.78, 5) is 20.5. The minimum absolute atomic E-state index is 0.227. The van der Waals surface area contributed by atoms with E-state index in [1.807, 2.05) is 35.0 Å². The molecule has 20 heavy (non-hydrogen) atoms. The second kappa shape index (κ2) is 5.42. The van der Waals surface area contributed by atoms with Gasteiger partial charge in [-0.1, -0.05) is 6.07 Å². The largest absolute Gasteiger partial charge is 0.345 e. The highest BCUT2D eigenvalue weighted by atomic mass is 79.9. The van der Waals surface area contributed by atoms with Gasteiger partial charge in [0.15, 0.2) is 0 Å². The third-order valence-electron chi connectivity index (χ3n) is 2.82. The fraction of sp³-hybridized carbons (Fsp3) is 0.0714. The van der Waals surface area contributed by atoms with Crippen LogP contribution < -0.4 is 5.32 Å². The minimum atomic E-state index is -0.227. The summed E-state index contributed by atoms with van der Waals surface area (Å²) in [5.41, 5.74) is 2.03. The number of carbonyl (C=O) groups excluding carboxylic acids is 1. The van der Waals surface area contributed by atoms with Crippen LogP contribution >= 0.6 is 15.9 Å². The Morgan fingerprint density at radius 2 is 2.20 bits per heavy atom. The summed E-state index contributed by atoms with van der Waals surface area (Å²) in [6, 6.07) is 9.33. The van der Waals surface area contributed by atoms with Gasteiger partial charge in [-0.25, -0.2) is 9.97 Å². The van der Waals surface area contributed by atoms with E-state index in [1.54, 1.807) is 18.3 Å². The van der Waals surface area contributed by atoms with Gasteiger partial charge in [-0.3, -0.25) is 4.79 Å². The van der Waals surface area contributed by atoms with Crippen molar-refractivity contribution in [3.8, 4) is 0 Å². The van der Waals surface area contributed by atoms with Crippen molar-refractivity contribution in [3.05, 3.63) is 64.8 Å². The van der Waals surface area contributed by atoms with Crippen LogP contribution in [0.25, 0.3) is 5.65 Å². The van der Waals surface area contributed by atoms with Crippen molar-refractivity contribution in [1.82, 2.24) is 19.7 Å². The first-order valence-corrected chi connectivity index (χ1v) is 6.84. The van der Waals surface area contributed by atoms with Crippen LogP contribution in [0, 0.1) is 0 Å². The first kappa shape index (κ1) is 12.8. The smallest absolute Gasteiger partial charge is 0.271 e. The second-order valence-corrected chi connectivity index (χ2v) is 5.07. The SMILES string of the molecule is O=C(NCc1cn2ccccc2n1)c1ncccc1Br. The summed E-state index contributed by atoms with van der Waals surface area (Å²) in [6.45, 7) is 0.365. The zero-order valence-electron chi connectivity index (χ0n) is 10.5. The highest BCUT2D eigenvalue weighted by Crippen LogP contribution is 2.13. The molecule has 0 unspecified atom stereocenters. The summed E-state index contributed by atoms with van der Waals surface area (Å²) in [5, 5.41) is 2.81. The van der Waals surface area contributed by atoms with Gasteiger partial charge in [0, 0.05) is 23.1 Å². The van der Waals surface area contributed by atoms with Crippen molar-refractivity contribution < 1.29 is 4.79 Å². The average Bonchev–Trinajstić information content (AvgIpc) is 2.88. The number of imidazole rings is 1. The number of hydrogen-bond donors (Lipinski definition) is 1. The van der Waals surface area contributed by atoms with Crippen LogP contribution in [0.5, 0.6) is 0 Å². The van der Waals surface area contributed by atoms with Gasteiger partial charge in [0.2, 0.25) is 0 Å². The van der Waals surface area contributed by atoms with Crippen molar-refractivity contribution in [2.45, 2.75) is 6.54 Å². The van der Waals surface area contributed by atoms with Gasteiger partial charge in [0.25, 0.3) is 5.91 Å². The second-order valence-electron chi connectivity index (χ2n) is 4.21. The molecule has 6 heteroatoms. The van der Waals surface area contributed by atoms with Gasteiger partial charge < -0.3 is 9.72 Å². The number of nitrogens with one attached hydrogen (secondary N) is 1. The predicted molar refractivity (Wildman–Crippen MR) is 78.3 cm³/mol. The third-order valence-corrected chi connectivity index (χ3v) is 3.46. The van der Waals surface area contributed by atoms with E-state index in [-0.39, 0.29) is 5.91 Å². The maximum atomic E-state index is 12.0. The molecule has 3 rings (SSSR count). The molecule has 0 aliphatic heterocycles. The van der Waals surface area contributed by atoms with E-state index in [0.717, 1.165) is 11.3 Å². The van der Waals surface area contributed by atoms with Crippen molar-refractivity contribution in [1.29, 1.82) is 0 Å². The Bertz CT molecular complexity index is 735. The van der Waals surface area contributed by atoms with Crippen LogP contribution in [0.1, 0.15) is 16.2 Å². The highest BCUT2D eigenvalue weighted by molar-refractivity contribution is 9.10. The molecule has 0 spiro atoms. The van der Waals surface area contributed by atoms with Gasteiger partial charge in [-0.2, -0.15) is 0 Å². The summed E-state index contributed by atoms with van der Waals surface area (Å²) in [7, 11) is 0. The van der Waals surface area contributed by atoms with E-state index in [2.05, 4.69) is 31.2 Å². The predicted octanol–water partition coefficient (Wildman–Crippen LogP) is 2.42. The summed E-state index contributed by atoms with van der Waals surface area (Å²) >= 11 is 3.31. The number of fused-ring (bicyclic) bond motifs is 1. The van der Waals surface area contributed by atoms with E-state index < -0.39 is 0 Å². The van der Waals surface area contributed by atoms with Crippen LogP contribution in [0.2, 0.25) is 0 Å². The van der Waals surface area contributed by atoms with Gasteiger partial charge >= 0.3 is 0 Å². The monoisotopic (exact) mass is 330 g/mol. The van der Waals surface area contributed by atoms with Crippen molar-refractivity contribution in [2.24, 2.45) is 0 Å². The molecule has 100 valence electrons. The Morgan fingerprint density at radius 1 is 1.30 bits per heavy atom. The number of amides is 1. The lowest BCUT2D eigenvalue weighted by atomic mass is 10.3. The standard InChI is InChI=1S/C14H11BrN4O/c15-11-4-3-6-16-13(11)14(20)17-8-10-9-19-7-2-1-5-12(19)18-10/h1-7,9H,8H2,(H,17,20). The first-order valence-electron chi connectivity index (χ1n) is 6.05. The zero-order chi connectivity index (χ0) is 13.9. The molecule has 0 aliphatic carbocycles. The maximum absolute atomic E-state index is 12.0. The van der Waals surface area contributed by atoms with Crippen molar-refractivity contribution in [3.63, 3.8) is 0 Å². The Kier molecular flexibility index (Phi) is 3.47. The van der Waals surface area contributed by atoms with Crippen LogP contribution in [0.3, 0.4) is 0 Å². The number of carbonyl (C=O) groups is 1. The van der Waals surface area contributed by atoms with E-state index in [4.69, 9.17) is 0 Å². The van der Waals surface area contributed by atoms with E-state index in [0.29, 0.717) is 16.7 Å². The summed E-state index contributed by atoms with van der Waals surface area (Å²) in [6.07, 6.45) is 5.40. The van der Waals surface area contributed by atoms with Gasteiger partial charge in [0.1, 0.15) is 11.3 Å². The lowest BCUT2D eigenvalue weighted by Crippen LogP contribution is -2.24. The number of aromatic nitrogens is 3. The minimum Gasteiger partial charge on any atom is -0.345 e. The van der Waals surface area contributed by atoms with E-state index in [1.165, 1.54) is 0 Å². The zero-order valence-corrected chi connectivity index (χ0v) is 12.0. The Hall–Kier alpha value is -2.21. The van der Waals surface area contributed by atoms with Crippen LogP contribution in [0.4, 0.5) is 0 Å². The molecular formula is C14H11BrN4O. The van der Waals surface area contributed by atoms with Crippen molar-refractivity contribution >= 4 is 27.5 Å². The van der Waals surface area contributed by atoms with Crippen LogP contribution in [-0.2, 0) is 6.54 Å². The number of hydrogen-bond acceptors (Lipinski definition) is 3. The Balaban J connectivity index is 1.73. The topological polar surface area (TPSA) is 59.3 Å². The molecule has 0 aromatic carbocycles. The van der Waals surface area contributed by atoms with Gasteiger partial charge in [-0.05, 0) is 40.2 Å². The van der Waals surface area contributed by atoms with E-state index >= 15 is 0 Å². The number of rotatable bonds is 3. The van der Waals surface area contributed by atoms with Gasteiger partial charge in [0.05, 0.1) is 12.2 Å². The molecule has 3 aromatic rings. The number of nitrogens with zero attached hydrogens (tertiary/aromatic N) is 3. The molecule has 0 bridgehead atoms. The molecular weight excluding hydrogens is 320 g/mol. The molecule has 0 saturated carbocycles. The molecule has 0 radical (unpaired) electrons.